The van der Waals surface area contributed by atoms with Crippen molar-refractivity contribution in [1.82, 2.24) is 25.5 Å². The van der Waals surface area contributed by atoms with Crippen LogP contribution in [0.4, 0.5) is 0 Å². The first-order chi connectivity index (χ1) is 8.36. The van der Waals surface area contributed by atoms with Crippen molar-refractivity contribution in [2.24, 2.45) is 0 Å². The summed E-state index contributed by atoms with van der Waals surface area (Å²) >= 11 is 0. The number of pyridine rings is 1. The van der Waals surface area contributed by atoms with Gasteiger partial charge in [-0.2, -0.15) is 5.10 Å². The van der Waals surface area contributed by atoms with Gasteiger partial charge in [0.05, 0.1) is 5.69 Å². The summed E-state index contributed by atoms with van der Waals surface area (Å²) in [7, 11) is 0. The summed E-state index contributed by atoms with van der Waals surface area (Å²) in [5.41, 5.74) is 1.08. The van der Waals surface area contributed by atoms with Crippen LogP contribution >= 0.6 is 0 Å². The lowest BCUT2D eigenvalue weighted by Gasteiger charge is -2.12. The fraction of sp³-hybridized carbons (Fsp3) is 0.417. The minimum absolute atomic E-state index is 0.283. The van der Waals surface area contributed by atoms with E-state index in [1.807, 2.05) is 24.4 Å². The summed E-state index contributed by atoms with van der Waals surface area (Å²) in [5.74, 6) is 0.942. The zero-order valence-electron chi connectivity index (χ0n) is 9.93. The highest BCUT2D eigenvalue weighted by Gasteiger charge is 2.04. The van der Waals surface area contributed by atoms with Gasteiger partial charge >= 0.3 is 0 Å². The molecule has 0 aliphatic rings. The molecule has 0 aliphatic carbocycles. The van der Waals surface area contributed by atoms with Gasteiger partial charge < -0.3 is 5.32 Å². The summed E-state index contributed by atoms with van der Waals surface area (Å²) in [6, 6.07) is 6.26. The summed E-state index contributed by atoms with van der Waals surface area (Å²) < 4.78 is 0. The number of nitrogens with one attached hydrogen (secondary N) is 2. The van der Waals surface area contributed by atoms with Crippen molar-refractivity contribution in [2.45, 2.75) is 25.8 Å². The van der Waals surface area contributed by atoms with Gasteiger partial charge in [-0.05, 0) is 32.0 Å². The second-order valence-electron chi connectivity index (χ2n) is 3.97. The smallest absolute Gasteiger partial charge is 0.137 e. The Morgan fingerprint density at radius 3 is 3.00 bits per heavy atom. The Labute approximate surface area is 101 Å². The van der Waals surface area contributed by atoms with Gasteiger partial charge in [0.15, 0.2) is 0 Å². The zero-order valence-corrected chi connectivity index (χ0v) is 9.93. The van der Waals surface area contributed by atoms with Gasteiger partial charge in [-0.1, -0.05) is 6.07 Å². The van der Waals surface area contributed by atoms with Gasteiger partial charge in [-0.15, -0.1) is 0 Å². The molecule has 0 fully saturated rings. The van der Waals surface area contributed by atoms with Crippen LogP contribution < -0.4 is 5.32 Å². The average Bonchev–Trinajstić information content (AvgIpc) is 2.88. The number of aromatic nitrogens is 4. The van der Waals surface area contributed by atoms with Crippen molar-refractivity contribution >= 4 is 0 Å². The van der Waals surface area contributed by atoms with E-state index in [0.717, 1.165) is 30.9 Å². The number of H-pyrrole nitrogens is 1. The van der Waals surface area contributed by atoms with E-state index >= 15 is 0 Å². The largest absolute Gasteiger partial charge is 0.309 e. The number of aryl methyl sites for hydroxylation is 1. The molecule has 0 aliphatic heterocycles. The van der Waals surface area contributed by atoms with Crippen LogP contribution in [-0.4, -0.2) is 26.7 Å². The topological polar surface area (TPSA) is 66.5 Å². The first-order valence-electron chi connectivity index (χ1n) is 5.85. The first-order valence-corrected chi connectivity index (χ1v) is 5.85. The van der Waals surface area contributed by atoms with Gasteiger partial charge in [0.2, 0.25) is 0 Å². The van der Waals surface area contributed by atoms with Crippen LogP contribution in [0.1, 0.15) is 30.9 Å². The van der Waals surface area contributed by atoms with E-state index in [0.29, 0.717) is 0 Å². The minimum atomic E-state index is 0.283. The second kappa shape index (κ2) is 6.10. The van der Waals surface area contributed by atoms with Crippen molar-refractivity contribution < 1.29 is 0 Å². The zero-order chi connectivity index (χ0) is 11.9. The molecule has 0 saturated heterocycles. The Bertz CT molecular complexity index is 412. The van der Waals surface area contributed by atoms with Crippen LogP contribution in [0.25, 0.3) is 0 Å². The Kier molecular flexibility index (Phi) is 4.21. The van der Waals surface area contributed by atoms with Crippen molar-refractivity contribution in [2.75, 3.05) is 6.54 Å². The third-order valence-electron chi connectivity index (χ3n) is 2.64. The highest BCUT2D eigenvalue weighted by molar-refractivity contribution is 5.07. The second-order valence-corrected chi connectivity index (χ2v) is 3.97. The molecule has 0 amide bonds. The van der Waals surface area contributed by atoms with Crippen LogP contribution in [-0.2, 0) is 6.42 Å². The Morgan fingerprint density at radius 1 is 1.35 bits per heavy atom. The van der Waals surface area contributed by atoms with E-state index < -0.39 is 0 Å². The van der Waals surface area contributed by atoms with Crippen molar-refractivity contribution in [3.63, 3.8) is 0 Å². The van der Waals surface area contributed by atoms with Gasteiger partial charge in [0.25, 0.3) is 0 Å². The maximum atomic E-state index is 4.32. The van der Waals surface area contributed by atoms with Crippen molar-refractivity contribution in [3.05, 3.63) is 42.2 Å². The molecule has 90 valence electrons. The molecule has 17 heavy (non-hydrogen) atoms. The lowest BCUT2D eigenvalue weighted by Crippen LogP contribution is -2.21. The maximum absolute atomic E-state index is 4.32. The molecule has 0 bridgehead atoms. The number of hydrogen-bond acceptors (Lipinski definition) is 4. The summed E-state index contributed by atoms with van der Waals surface area (Å²) in [5, 5.41) is 10.1. The monoisotopic (exact) mass is 231 g/mol. The molecular formula is C12H17N5. The van der Waals surface area contributed by atoms with Crippen LogP contribution in [0.3, 0.4) is 0 Å². The molecule has 2 rings (SSSR count). The Balaban J connectivity index is 1.68. The third-order valence-corrected chi connectivity index (χ3v) is 2.64. The lowest BCUT2D eigenvalue weighted by molar-refractivity contribution is 0.544. The summed E-state index contributed by atoms with van der Waals surface area (Å²) in [6.07, 6.45) is 5.32. The summed E-state index contributed by atoms with van der Waals surface area (Å²) in [6.45, 7) is 3.06. The van der Waals surface area contributed by atoms with E-state index in [4.69, 9.17) is 0 Å². The molecule has 0 radical (unpaired) electrons. The van der Waals surface area contributed by atoms with Gasteiger partial charge in [0, 0.05) is 18.7 Å². The minimum Gasteiger partial charge on any atom is -0.309 e. The molecule has 0 saturated carbocycles. The predicted molar refractivity (Wildman–Crippen MR) is 65.4 cm³/mol. The molecule has 0 spiro atoms. The number of rotatable bonds is 6. The molecular weight excluding hydrogens is 214 g/mol. The molecule has 2 aromatic heterocycles. The molecule has 2 N–H and O–H groups in total. The quantitative estimate of drug-likeness (QED) is 0.739. The fourth-order valence-corrected chi connectivity index (χ4v) is 1.66. The molecule has 5 nitrogen and oxygen atoms in total. The van der Waals surface area contributed by atoms with Crippen molar-refractivity contribution in [3.8, 4) is 0 Å². The van der Waals surface area contributed by atoms with E-state index in [1.165, 1.54) is 0 Å². The number of nitrogens with zero attached hydrogens (tertiary/aromatic N) is 3. The number of aromatic amines is 1. The molecule has 0 aromatic carbocycles. The van der Waals surface area contributed by atoms with Crippen LogP contribution in [0.2, 0.25) is 0 Å². The van der Waals surface area contributed by atoms with Gasteiger partial charge in [-0.25, -0.2) is 4.98 Å². The molecule has 1 atom stereocenters. The normalized spacial score (nSPS) is 12.5. The maximum Gasteiger partial charge on any atom is 0.137 e. The van der Waals surface area contributed by atoms with E-state index in [-0.39, 0.29) is 6.04 Å². The Morgan fingerprint density at radius 2 is 2.29 bits per heavy atom. The highest BCUT2D eigenvalue weighted by Crippen LogP contribution is 2.07. The SMILES string of the molecule is CC(NCCCc1ncn[nH]1)c1ccccn1. The molecule has 2 aromatic rings. The molecule has 1 unspecified atom stereocenters. The van der Waals surface area contributed by atoms with Crippen molar-refractivity contribution in [1.29, 1.82) is 0 Å². The molecule has 5 heteroatoms. The number of hydrogen-bond donors (Lipinski definition) is 2. The van der Waals surface area contributed by atoms with Crippen LogP contribution in [0.15, 0.2) is 30.7 Å². The third kappa shape index (κ3) is 3.64. The van der Waals surface area contributed by atoms with Crippen LogP contribution in [0.5, 0.6) is 0 Å². The lowest BCUT2D eigenvalue weighted by atomic mass is 10.2. The predicted octanol–water partition coefficient (Wildman–Crippen LogP) is 1.48. The highest BCUT2D eigenvalue weighted by atomic mass is 15.2. The van der Waals surface area contributed by atoms with Crippen LogP contribution in [0, 0.1) is 0 Å². The standard InChI is InChI=1S/C12H17N5/c1-10(11-5-2-3-7-14-11)13-8-4-6-12-15-9-16-17-12/h2-3,5,7,9-10,13H,4,6,8H2,1H3,(H,15,16,17). The van der Waals surface area contributed by atoms with E-state index in [1.54, 1.807) is 6.33 Å². The van der Waals surface area contributed by atoms with Gasteiger partial charge in [-0.3, -0.25) is 10.1 Å². The summed E-state index contributed by atoms with van der Waals surface area (Å²) in [4.78, 5) is 8.40. The Hall–Kier alpha value is -1.75. The fourth-order valence-electron chi connectivity index (χ4n) is 1.66. The molecule has 2 heterocycles. The van der Waals surface area contributed by atoms with Gasteiger partial charge in [0.1, 0.15) is 12.2 Å². The van der Waals surface area contributed by atoms with E-state index in [9.17, 15) is 0 Å². The first kappa shape index (κ1) is 11.7. The average molecular weight is 231 g/mol. The van der Waals surface area contributed by atoms with E-state index in [2.05, 4.69) is 32.4 Å².